The molecule has 0 aliphatic rings. The summed E-state index contributed by atoms with van der Waals surface area (Å²) in [6.45, 7) is 1.71. The molecular weight excluding hydrogens is 238 g/mol. The van der Waals surface area contributed by atoms with Crippen LogP contribution in [0.25, 0.3) is 5.69 Å². The number of carbonyl (C=O) groups is 1. The number of rotatable bonds is 3. The molecule has 0 amide bonds. The summed E-state index contributed by atoms with van der Waals surface area (Å²) in [4.78, 5) is 23.4. The monoisotopic (exact) mass is 249 g/mol. The molecule has 0 atom stereocenters. The summed E-state index contributed by atoms with van der Waals surface area (Å²) in [5.74, 6) is -1.65. The fourth-order valence-corrected chi connectivity index (χ4v) is 1.48. The first-order valence-corrected chi connectivity index (χ1v) is 5.33. The van der Waals surface area contributed by atoms with E-state index in [0.717, 1.165) is 4.74 Å². The average Bonchev–Trinajstić information content (AvgIpc) is 2.66. The van der Waals surface area contributed by atoms with Gasteiger partial charge in [0.2, 0.25) is 5.56 Å². The highest BCUT2D eigenvalue weighted by atomic mass is 16.6. The number of esters is 1. The summed E-state index contributed by atoms with van der Waals surface area (Å²) in [5.41, 5.74) is -0.841. The number of carbonyl (C=O) groups excluding carboxylic acids is 1. The van der Waals surface area contributed by atoms with Crippen molar-refractivity contribution in [1.82, 2.24) is 4.74 Å². The molecule has 1 heterocycles. The largest absolute Gasteiger partial charge is 0.479 e. The highest BCUT2D eigenvalue weighted by Gasteiger charge is 2.25. The van der Waals surface area contributed by atoms with Crippen LogP contribution in [-0.4, -0.2) is 22.4 Å². The van der Waals surface area contributed by atoms with E-state index in [0.29, 0.717) is 5.69 Å². The second kappa shape index (κ2) is 4.79. The van der Waals surface area contributed by atoms with Gasteiger partial charge in [-0.25, -0.2) is 4.79 Å². The molecule has 6 nitrogen and oxygen atoms in total. The van der Waals surface area contributed by atoms with Crippen LogP contribution in [0.1, 0.15) is 17.3 Å². The van der Waals surface area contributed by atoms with Crippen molar-refractivity contribution < 1.29 is 19.2 Å². The van der Waals surface area contributed by atoms with Crippen molar-refractivity contribution in [2.75, 3.05) is 6.61 Å². The predicted octanol–water partition coefficient (Wildman–Crippen LogP) is 1.31. The molecule has 0 bridgehead atoms. The van der Waals surface area contributed by atoms with Crippen LogP contribution in [0.4, 0.5) is 0 Å². The van der Waals surface area contributed by atoms with Crippen LogP contribution in [-0.2, 0) is 4.74 Å². The van der Waals surface area contributed by atoms with Crippen LogP contribution in [0, 0.1) is 0 Å². The lowest BCUT2D eigenvalue weighted by Crippen LogP contribution is -2.20. The molecule has 94 valence electrons. The Labute approximate surface area is 102 Å². The molecule has 1 aromatic heterocycles. The number of benzene rings is 1. The zero-order valence-corrected chi connectivity index (χ0v) is 9.62. The van der Waals surface area contributed by atoms with Crippen molar-refractivity contribution >= 4 is 5.97 Å². The van der Waals surface area contributed by atoms with Crippen molar-refractivity contribution in [2.24, 2.45) is 0 Å². The van der Waals surface area contributed by atoms with Gasteiger partial charge in [0, 0.05) is 0 Å². The fourth-order valence-electron chi connectivity index (χ4n) is 1.48. The van der Waals surface area contributed by atoms with Gasteiger partial charge < -0.3 is 14.4 Å². The maximum absolute atomic E-state index is 11.9. The Morgan fingerprint density at radius 3 is 2.67 bits per heavy atom. The summed E-state index contributed by atoms with van der Waals surface area (Å²) in [6, 6.07) is 8.39. The topological polar surface area (TPSA) is 81.7 Å². The minimum absolute atomic E-state index is 0.105. The first-order valence-electron chi connectivity index (χ1n) is 5.33. The van der Waals surface area contributed by atoms with Crippen LogP contribution in [0.3, 0.4) is 0 Å². The fraction of sp³-hybridized carbons (Fsp3) is 0.167. The summed E-state index contributed by atoms with van der Waals surface area (Å²) in [6.07, 6.45) is 0. The number of ether oxygens (including phenoxy) is 1. The lowest BCUT2D eigenvalue weighted by molar-refractivity contribution is 0.0519. The number of nitrogens with zero attached hydrogens (tertiary/aromatic N) is 1. The highest BCUT2D eigenvalue weighted by molar-refractivity contribution is 5.91. The van der Waals surface area contributed by atoms with E-state index in [-0.39, 0.29) is 6.61 Å². The van der Waals surface area contributed by atoms with Crippen LogP contribution in [0.15, 0.2) is 39.6 Å². The van der Waals surface area contributed by atoms with E-state index >= 15 is 0 Å². The quantitative estimate of drug-likeness (QED) is 0.829. The third-order valence-electron chi connectivity index (χ3n) is 2.26. The number of hydrogen-bond donors (Lipinski definition) is 1. The van der Waals surface area contributed by atoms with Gasteiger partial charge in [0.05, 0.1) is 12.3 Å². The van der Waals surface area contributed by atoms with E-state index in [1.54, 1.807) is 37.3 Å². The summed E-state index contributed by atoms with van der Waals surface area (Å²) >= 11 is 0. The Morgan fingerprint density at radius 1 is 1.39 bits per heavy atom. The molecule has 2 aromatic rings. The van der Waals surface area contributed by atoms with Gasteiger partial charge in [-0.05, 0) is 19.1 Å². The second-order valence-electron chi connectivity index (χ2n) is 3.43. The first kappa shape index (κ1) is 12.0. The van der Waals surface area contributed by atoms with Crippen LogP contribution in [0.2, 0.25) is 0 Å². The molecule has 2 rings (SSSR count). The van der Waals surface area contributed by atoms with Crippen molar-refractivity contribution in [2.45, 2.75) is 6.92 Å². The van der Waals surface area contributed by atoms with E-state index < -0.39 is 23.0 Å². The van der Waals surface area contributed by atoms with Gasteiger partial charge in [-0.2, -0.15) is 0 Å². The molecular formula is C12H11NO5. The molecule has 0 saturated heterocycles. The molecule has 6 heteroatoms. The first-order chi connectivity index (χ1) is 8.65. The third kappa shape index (κ3) is 2.00. The minimum atomic E-state index is -0.904. The van der Waals surface area contributed by atoms with E-state index in [1.807, 2.05) is 0 Å². The van der Waals surface area contributed by atoms with E-state index in [4.69, 9.17) is 4.52 Å². The van der Waals surface area contributed by atoms with Crippen molar-refractivity contribution in [3.05, 3.63) is 46.2 Å². The Kier molecular flexibility index (Phi) is 3.18. The molecule has 0 unspecified atom stereocenters. The number of aromatic hydroxyl groups is 1. The summed E-state index contributed by atoms with van der Waals surface area (Å²) in [5, 5.41) is 9.48. The van der Waals surface area contributed by atoms with Gasteiger partial charge in [-0.15, -0.1) is 4.74 Å². The molecule has 18 heavy (non-hydrogen) atoms. The SMILES string of the molecule is CCOC(=O)c1c(O)on(-c2ccccc2)c1=O. The lowest BCUT2D eigenvalue weighted by atomic mass is 10.3. The van der Waals surface area contributed by atoms with Crippen molar-refractivity contribution in [3.63, 3.8) is 0 Å². The lowest BCUT2D eigenvalue weighted by Gasteiger charge is -1.97. The molecule has 0 saturated carbocycles. The molecule has 0 spiro atoms. The predicted molar refractivity (Wildman–Crippen MR) is 61.9 cm³/mol. The number of aromatic nitrogens is 1. The average molecular weight is 249 g/mol. The van der Waals surface area contributed by atoms with Crippen LogP contribution >= 0.6 is 0 Å². The van der Waals surface area contributed by atoms with Crippen molar-refractivity contribution in [3.8, 4) is 11.6 Å². The zero-order valence-electron chi connectivity index (χ0n) is 9.62. The smallest absolute Gasteiger partial charge is 0.351 e. The van der Waals surface area contributed by atoms with Gasteiger partial charge >= 0.3 is 17.5 Å². The minimum Gasteiger partial charge on any atom is -0.479 e. The third-order valence-corrected chi connectivity index (χ3v) is 2.26. The Balaban J connectivity index is 2.51. The Hall–Kier alpha value is -2.50. The van der Waals surface area contributed by atoms with Gasteiger partial charge in [-0.3, -0.25) is 4.79 Å². The normalized spacial score (nSPS) is 10.3. The van der Waals surface area contributed by atoms with Gasteiger partial charge in [0.25, 0.3) is 0 Å². The van der Waals surface area contributed by atoms with E-state index in [9.17, 15) is 14.7 Å². The summed E-state index contributed by atoms with van der Waals surface area (Å²) < 4.78 is 10.4. The van der Waals surface area contributed by atoms with Gasteiger partial charge in [-0.1, -0.05) is 18.2 Å². The molecule has 1 aromatic carbocycles. The standard InChI is InChI=1S/C12H11NO5/c1-2-17-11(15)9-10(14)13(18-12(9)16)8-6-4-3-5-7-8/h3-7,16H,2H2,1H3. The molecule has 0 radical (unpaired) electrons. The summed E-state index contributed by atoms with van der Waals surface area (Å²) in [7, 11) is 0. The second-order valence-corrected chi connectivity index (χ2v) is 3.43. The molecule has 1 N–H and O–H groups in total. The highest BCUT2D eigenvalue weighted by Crippen LogP contribution is 2.17. The van der Waals surface area contributed by atoms with Crippen LogP contribution in [0.5, 0.6) is 5.95 Å². The Bertz CT molecular complexity index is 611. The van der Waals surface area contributed by atoms with Crippen LogP contribution < -0.4 is 5.56 Å². The zero-order chi connectivity index (χ0) is 13.1. The molecule has 0 aliphatic heterocycles. The Morgan fingerprint density at radius 2 is 2.06 bits per heavy atom. The van der Waals surface area contributed by atoms with E-state index in [2.05, 4.69) is 4.74 Å². The molecule has 0 fully saturated rings. The number of hydrogen-bond acceptors (Lipinski definition) is 5. The number of para-hydroxylation sites is 1. The van der Waals surface area contributed by atoms with E-state index in [1.165, 1.54) is 0 Å². The maximum atomic E-state index is 11.9. The van der Waals surface area contributed by atoms with Crippen molar-refractivity contribution in [1.29, 1.82) is 0 Å². The molecule has 0 aliphatic carbocycles. The maximum Gasteiger partial charge on any atom is 0.351 e. The van der Waals surface area contributed by atoms with Gasteiger partial charge in [0.15, 0.2) is 0 Å². The van der Waals surface area contributed by atoms with Gasteiger partial charge in [0.1, 0.15) is 0 Å².